The number of halogens is 3. The number of anilines is 1. The summed E-state index contributed by atoms with van der Waals surface area (Å²) in [7, 11) is 1.49. The van der Waals surface area contributed by atoms with Crippen molar-refractivity contribution in [2.24, 2.45) is 0 Å². The molecule has 0 saturated heterocycles. The van der Waals surface area contributed by atoms with Crippen LogP contribution in [0.5, 0.6) is 5.75 Å². The van der Waals surface area contributed by atoms with Gasteiger partial charge >= 0.3 is 0 Å². The molecule has 0 radical (unpaired) electrons. The predicted molar refractivity (Wildman–Crippen MR) is 85.1 cm³/mol. The third-order valence-electron chi connectivity index (χ3n) is 2.59. The zero-order valence-electron chi connectivity index (χ0n) is 10.4. The Bertz CT molecular complexity index is 662. The van der Waals surface area contributed by atoms with E-state index in [1.165, 1.54) is 7.11 Å². The molecule has 0 unspecified atom stereocenters. The Morgan fingerprint density at radius 3 is 2.60 bits per heavy atom. The van der Waals surface area contributed by atoms with Gasteiger partial charge in [-0.05, 0) is 52.3 Å². The molecule has 1 amide bonds. The zero-order valence-corrected chi connectivity index (χ0v) is 13.5. The molecule has 3 nitrogen and oxygen atoms in total. The van der Waals surface area contributed by atoms with E-state index in [1.54, 1.807) is 36.4 Å². The van der Waals surface area contributed by atoms with Gasteiger partial charge in [-0.2, -0.15) is 0 Å². The summed E-state index contributed by atoms with van der Waals surface area (Å²) in [6.45, 7) is 0. The first kappa shape index (κ1) is 15.2. The van der Waals surface area contributed by atoms with Gasteiger partial charge in [0, 0.05) is 15.2 Å². The fourth-order valence-corrected chi connectivity index (χ4v) is 2.21. The van der Waals surface area contributed by atoms with Crippen LogP contribution in [0.2, 0.25) is 10.0 Å². The molecule has 0 atom stereocenters. The Balaban J connectivity index is 2.25. The fraction of sp³-hybridized carbons (Fsp3) is 0.0714. The van der Waals surface area contributed by atoms with Gasteiger partial charge in [-0.15, -0.1) is 0 Å². The lowest BCUT2D eigenvalue weighted by Crippen LogP contribution is -2.13. The van der Waals surface area contributed by atoms with E-state index in [1.807, 2.05) is 0 Å². The van der Waals surface area contributed by atoms with Gasteiger partial charge < -0.3 is 10.1 Å². The molecular formula is C14H10BrCl2NO2. The van der Waals surface area contributed by atoms with E-state index >= 15 is 0 Å². The topological polar surface area (TPSA) is 38.3 Å². The summed E-state index contributed by atoms with van der Waals surface area (Å²) in [4.78, 5) is 12.2. The first-order valence-electron chi connectivity index (χ1n) is 5.61. The molecule has 6 heteroatoms. The van der Waals surface area contributed by atoms with Crippen molar-refractivity contribution >= 4 is 50.7 Å². The van der Waals surface area contributed by atoms with E-state index < -0.39 is 0 Å². The zero-order chi connectivity index (χ0) is 14.7. The van der Waals surface area contributed by atoms with Gasteiger partial charge in [-0.25, -0.2) is 0 Å². The number of hydrogen-bond acceptors (Lipinski definition) is 2. The molecular weight excluding hydrogens is 365 g/mol. The first-order valence-corrected chi connectivity index (χ1v) is 7.16. The molecule has 0 spiro atoms. The molecule has 0 aliphatic carbocycles. The van der Waals surface area contributed by atoms with E-state index in [-0.39, 0.29) is 5.91 Å². The number of carbonyl (C=O) groups is 1. The molecule has 2 aromatic rings. The van der Waals surface area contributed by atoms with Crippen molar-refractivity contribution in [3.05, 3.63) is 56.5 Å². The van der Waals surface area contributed by atoms with Crippen LogP contribution in [-0.4, -0.2) is 13.0 Å². The Morgan fingerprint density at radius 1 is 1.20 bits per heavy atom. The van der Waals surface area contributed by atoms with Crippen LogP contribution in [0.3, 0.4) is 0 Å². The van der Waals surface area contributed by atoms with Crippen LogP contribution in [-0.2, 0) is 0 Å². The van der Waals surface area contributed by atoms with Crippen molar-refractivity contribution in [2.75, 3.05) is 12.4 Å². The average Bonchev–Trinajstić information content (AvgIpc) is 2.42. The lowest BCUT2D eigenvalue weighted by Gasteiger charge is -2.10. The van der Waals surface area contributed by atoms with Crippen molar-refractivity contribution in [2.45, 2.75) is 0 Å². The summed E-state index contributed by atoms with van der Waals surface area (Å²) >= 11 is 15.1. The highest BCUT2D eigenvalue weighted by molar-refractivity contribution is 9.10. The smallest absolute Gasteiger partial charge is 0.259 e. The highest BCUT2D eigenvalue weighted by atomic mass is 79.9. The van der Waals surface area contributed by atoms with Crippen LogP contribution in [0.4, 0.5) is 5.69 Å². The maximum atomic E-state index is 12.2. The number of hydrogen-bond donors (Lipinski definition) is 1. The van der Waals surface area contributed by atoms with Gasteiger partial charge in [0.05, 0.1) is 17.7 Å². The predicted octanol–water partition coefficient (Wildman–Crippen LogP) is 5.02. The molecule has 2 rings (SSSR count). The number of benzene rings is 2. The van der Waals surface area contributed by atoms with Crippen LogP contribution < -0.4 is 10.1 Å². The number of amides is 1. The Morgan fingerprint density at radius 2 is 1.95 bits per heavy atom. The van der Waals surface area contributed by atoms with Crippen LogP contribution in [0.1, 0.15) is 10.4 Å². The summed E-state index contributed by atoms with van der Waals surface area (Å²) in [5.74, 6) is 0.120. The van der Waals surface area contributed by atoms with E-state index in [2.05, 4.69) is 21.2 Å². The number of nitrogens with one attached hydrogen (secondary N) is 1. The normalized spacial score (nSPS) is 10.2. The summed E-state index contributed by atoms with van der Waals surface area (Å²) in [6.07, 6.45) is 0. The molecule has 20 heavy (non-hydrogen) atoms. The molecule has 104 valence electrons. The summed E-state index contributed by atoms with van der Waals surface area (Å²) in [5.41, 5.74) is 0.996. The van der Waals surface area contributed by atoms with Gasteiger partial charge in [0.25, 0.3) is 5.91 Å². The van der Waals surface area contributed by atoms with Gasteiger partial charge in [0.2, 0.25) is 0 Å². The number of methoxy groups -OCH3 is 1. The van der Waals surface area contributed by atoms with Gasteiger partial charge in [-0.1, -0.05) is 23.2 Å². The molecule has 0 aliphatic heterocycles. The molecule has 0 fully saturated rings. The highest BCUT2D eigenvalue weighted by Crippen LogP contribution is 2.27. The second-order valence-electron chi connectivity index (χ2n) is 3.93. The third-order valence-corrected chi connectivity index (χ3v) is 4.05. The van der Waals surface area contributed by atoms with Gasteiger partial charge in [0.1, 0.15) is 5.75 Å². The lowest BCUT2D eigenvalue weighted by molar-refractivity contribution is 0.102. The van der Waals surface area contributed by atoms with E-state index in [9.17, 15) is 4.79 Å². The molecule has 1 N–H and O–H groups in total. The standard InChI is InChI=1S/C14H10BrCl2NO2/c1-20-13-6-8(16)2-4-10(13)14(19)18-9-3-5-11(15)12(17)7-9/h2-7H,1H3,(H,18,19). The number of ether oxygens (including phenoxy) is 1. The molecule has 0 aliphatic rings. The minimum atomic E-state index is -0.295. The van der Waals surface area contributed by atoms with Crippen molar-refractivity contribution in [3.8, 4) is 5.75 Å². The van der Waals surface area contributed by atoms with Gasteiger partial charge in [-0.3, -0.25) is 4.79 Å². The van der Waals surface area contributed by atoms with Crippen LogP contribution in [0.25, 0.3) is 0 Å². The number of rotatable bonds is 3. The first-order chi connectivity index (χ1) is 9.51. The third kappa shape index (κ3) is 3.45. The van der Waals surface area contributed by atoms with Crippen molar-refractivity contribution in [1.82, 2.24) is 0 Å². The molecule has 0 aromatic heterocycles. The number of carbonyl (C=O) groups excluding carboxylic acids is 1. The summed E-state index contributed by atoms with van der Waals surface area (Å²) in [5, 5.41) is 3.78. The van der Waals surface area contributed by atoms with Gasteiger partial charge in [0.15, 0.2) is 0 Å². The summed E-state index contributed by atoms with van der Waals surface area (Å²) in [6, 6.07) is 9.99. The van der Waals surface area contributed by atoms with Crippen molar-refractivity contribution < 1.29 is 9.53 Å². The van der Waals surface area contributed by atoms with E-state index in [4.69, 9.17) is 27.9 Å². The quantitative estimate of drug-likeness (QED) is 0.819. The largest absolute Gasteiger partial charge is 0.496 e. The minimum absolute atomic E-state index is 0.295. The van der Waals surface area contributed by atoms with Crippen molar-refractivity contribution in [1.29, 1.82) is 0 Å². The second-order valence-corrected chi connectivity index (χ2v) is 5.63. The van der Waals surface area contributed by atoms with E-state index in [0.29, 0.717) is 27.0 Å². The Hall–Kier alpha value is -1.23. The molecule has 0 bridgehead atoms. The van der Waals surface area contributed by atoms with Crippen LogP contribution in [0.15, 0.2) is 40.9 Å². The Labute approximate surface area is 135 Å². The highest BCUT2D eigenvalue weighted by Gasteiger charge is 2.13. The molecule has 2 aromatic carbocycles. The minimum Gasteiger partial charge on any atom is -0.496 e. The lowest BCUT2D eigenvalue weighted by atomic mass is 10.2. The second kappa shape index (κ2) is 6.48. The maximum Gasteiger partial charge on any atom is 0.259 e. The molecule has 0 heterocycles. The van der Waals surface area contributed by atoms with E-state index in [0.717, 1.165) is 4.47 Å². The average molecular weight is 375 g/mol. The van der Waals surface area contributed by atoms with Crippen molar-refractivity contribution in [3.63, 3.8) is 0 Å². The van der Waals surface area contributed by atoms with Crippen LogP contribution >= 0.6 is 39.1 Å². The Kier molecular flexibility index (Phi) is 4.91. The van der Waals surface area contributed by atoms with Crippen LogP contribution in [0, 0.1) is 0 Å². The molecule has 0 saturated carbocycles. The monoisotopic (exact) mass is 373 g/mol. The fourth-order valence-electron chi connectivity index (χ4n) is 1.62. The SMILES string of the molecule is COc1cc(Cl)ccc1C(=O)Nc1ccc(Br)c(Cl)c1. The summed E-state index contributed by atoms with van der Waals surface area (Å²) < 4.78 is 5.91. The maximum absolute atomic E-state index is 12.2.